The van der Waals surface area contributed by atoms with E-state index >= 15 is 0 Å². The average Bonchev–Trinajstić information content (AvgIpc) is 3.07. The SMILES string of the molecule is O=C(Nc1ccc([C@@H]2CNCCO2)cc1)c1n[nH]c2c1CCCC2. The maximum atomic E-state index is 12.5. The number of H-pyrrole nitrogens is 1. The van der Waals surface area contributed by atoms with E-state index in [9.17, 15) is 4.79 Å². The van der Waals surface area contributed by atoms with Gasteiger partial charge in [-0.3, -0.25) is 9.89 Å². The number of amides is 1. The van der Waals surface area contributed by atoms with Gasteiger partial charge in [0.15, 0.2) is 5.69 Å². The Morgan fingerprint density at radius 3 is 2.83 bits per heavy atom. The molecule has 2 aliphatic rings. The fraction of sp³-hybridized carbons (Fsp3) is 0.444. The molecule has 1 aliphatic carbocycles. The van der Waals surface area contributed by atoms with Crippen LogP contribution in [-0.4, -0.2) is 35.8 Å². The number of aromatic amines is 1. The number of anilines is 1. The van der Waals surface area contributed by atoms with Crippen LogP contribution in [0, 0.1) is 0 Å². The lowest BCUT2D eigenvalue weighted by molar-refractivity contribution is 0.0277. The van der Waals surface area contributed by atoms with Gasteiger partial charge in [0.05, 0.1) is 12.7 Å². The summed E-state index contributed by atoms with van der Waals surface area (Å²) < 4.78 is 5.74. The zero-order valence-electron chi connectivity index (χ0n) is 13.6. The summed E-state index contributed by atoms with van der Waals surface area (Å²) in [5.74, 6) is -0.141. The van der Waals surface area contributed by atoms with Gasteiger partial charge in [0, 0.05) is 30.0 Å². The molecule has 0 unspecified atom stereocenters. The largest absolute Gasteiger partial charge is 0.371 e. The molecule has 1 amide bonds. The minimum Gasteiger partial charge on any atom is -0.371 e. The number of carbonyl (C=O) groups is 1. The first kappa shape index (κ1) is 15.4. The molecule has 24 heavy (non-hydrogen) atoms. The number of morpholine rings is 1. The maximum Gasteiger partial charge on any atom is 0.276 e. The zero-order valence-corrected chi connectivity index (χ0v) is 13.6. The van der Waals surface area contributed by atoms with Crippen LogP contribution in [0.1, 0.15) is 46.3 Å². The van der Waals surface area contributed by atoms with E-state index < -0.39 is 0 Å². The third kappa shape index (κ3) is 3.07. The molecule has 0 spiro atoms. The minimum atomic E-state index is -0.141. The summed E-state index contributed by atoms with van der Waals surface area (Å²) in [7, 11) is 0. The highest BCUT2D eigenvalue weighted by Crippen LogP contribution is 2.24. The number of hydrogen-bond donors (Lipinski definition) is 3. The van der Waals surface area contributed by atoms with Gasteiger partial charge in [-0.05, 0) is 43.4 Å². The first-order valence-corrected chi connectivity index (χ1v) is 8.61. The number of nitrogens with one attached hydrogen (secondary N) is 3. The molecule has 3 N–H and O–H groups in total. The lowest BCUT2D eigenvalue weighted by atomic mass is 9.96. The Bertz CT molecular complexity index is 717. The van der Waals surface area contributed by atoms with Crippen molar-refractivity contribution < 1.29 is 9.53 Å². The summed E-state index contributed by atoms with van der Waals surface area (Å²) >= 11 is 0. The summed E-state index contributed by atoms with van der Waals surface area (Å²) in [5.41, 5.74) is 4.63. The normalized spacial score (nSPS) is 20.4. The molecule has 1 aromatic heterocycles. The second-order valence-corrected chi connectivity index (χ2v) is 6.38. The van der Waals surface area contributed by atoms with Gasteiger partial charge in [-0.1, -0.05) is 12.1 Å². The fourth-order valence-corrected chi connectivity index (χ4v) is 3.42. The first-order valence-electron chi connectivity index (χ1n) is 8.61. The molecule has 0 radical (unpaired) electrons. The number of aryl methyl sites for hydroxylation is 1. The summed E-state index contributed by atoms with van der Waals surface area (Å²) in [5, 5.41) is 13.5. The van der Waals surface area contributed by atoms with Gasteiger partial charge in [0.1, 0.15) is 0 Å². The van der Waals surface area contributed by atoms with E-state index in [1.807, 2.05) is 24.3 Å². The molecular formula is C18H22N4O2. The molecule has 1 saturated heterocycles. The number of fused-ring (bicyclic) bond motifs is 1. The Balaban J connectivity index is 1.45. The van der Waals surface area contributed by atoms with Crippen LogP contribution in [0.15, 0.2) is 24.3 Å². The molecule has 2 aromatic rings. The van der Waals surface area contributed by atoms with Crippen LogP contribution in [0.3, 0.4) is 0 Å². The van der Waals surface area contributed by atoms with Gasteiger partial charge < -0.3 is 15.4 Å². The maximum absolute atomic E-state index is 12.5. The van der Waals surface area contributed by atoms with Gasteiger partial charge in [-0.2, -0.15) is 5.10 Å². The lowest BCUT2D eigenvalue weighted by Crippen LogP contribution is -2.33. The summed E-state index contributed by atoms with van der Waals surface area (Å²) in [6.45, 7) is 2.46. The van der Waals surface area contributed by atoms with E-state index in [2.05, 4.69) is 20.8 Å². The molecule has 6 heteroatoms. The number of ether oxygens (including phenoxy) is 1. The van der Waals surface area contributed by atoms with Crippen LogP contribution in [0.2, 0.25) is 0 Å². The lowest BCUT2D eigenvalue weighted by Gasteiger charge is -2.24. The highest BCUT2D eigenvalue weighted by atomic mass is 16.5. The molecule has 0 bridgehead atoms. The van der Waals surface area contributed by atoms with E-state index in [0.29, 0.717) is 5.69 Å². The van der Waals surface area contributed by atoms with E-state index in [0.717, 1.165) is 67.9 Å². The smallest absolute Gasteiger partial charge is 0.276 e. The number of benzene rings is 1. The van der Waals surface area contributed by atoms with E-state index in [4.69, 9.17) is 4.74 Å². The van der Waals surface area contributed by atoms with Crippen LogP contribution in [0.4, 0.5) is 5.69 Å². The number of carbonyl (C=O) groups excluding carboxylic acids is 1. The molecule has 1 aliphatic heterocycles. The quantitative estimate of drug-likeness (QED) is 0.808. The Labute approximate surface area is 141 Å². The molecule has 4 rings (SSSR count). The Hall–Kier alpha value is -2.18. The highest BCUT2D eigenvalue weighted by Gasteiger charge is 2.22. The number of hydrogen-bond acceptors (Lipinski definition) is 4. The molecule has 1 aromatic carbocycles. The molecule has 126 valence electrons. The van der Waals surface area contributed by atoms with Crippen molar-refractivity contribution in [3.63, 3.8) is 0 Å². The number of nitrogens with zero attached hydrogens (tertiary/aromatic N) is 1. The molecule has 1 atom stereocenters. The van der Waals surface area contributed by atoms with Crippen LogP contribution in [-0.2, 0) is 17.6 Å². The van der Waals surface area contributed by atoms with Crippen molar-refractivity contribution in [3.05, 3.63) is 46.8 Å². The fourth-order valence-electron chi connectivity index (χ4n) is 3.42. The highest BCUT2D eigenvalue weighted by molar-refractivity contribution is 6.04. The summed E-state index contributed by atoms with van der Waals surface area (Å²) in [6.07, 6.45) is 4.29. The van der Waals surface area contributed by atoms with Gasteiger partial charge in [-0.15, -0.1) is 0 Å². The van der Waals surface area contributed by atoms with E-state index in [1.54, 1.807) is 0 Å². The standard InChI is InChI=1S/C18H22N4O2/c23-18(17-14-3-1-2-4-15(14)21-22-17)20-13-7-5-12(6-8-13)16-11-19-9-10-24-16/h5-8,16,19H,1-4,9-11H2,(H,20,23)(H,21,22)/t16-/m0/s1. The van der Waals surface area contributed by atoms with Crippen LogP contribution < -0.4 is 10.6 Å². The predicted molar refractivity (Wildman–Crippen MR) is 91.2 cm³/mol. The van der Waals surface area contributed by atoms with Gasteiger partial charge in [-0.25, -0.2) is 0 Å². The van der Waals surface area contributed by atoms with Crippen molar-refractivity contribution in [2.75, 3.05) is 25.0 Å². The summed E-state index contributed by atoms with van der Waals surface area (Å²) in [6, 6.07) is 7.86. The topological polar surface area (TPSA) is 79.0 Å². The monoisotopic (exact) mass is 326 g/mol. The van der Waals surface area contributed by atoms with Crippen molar-refractivity contribution in [1.29, 1.82) is 0 Å². The first-order chi connectivity index (χ1) is 11.8. The van der Waals surface area contributed by atoms with Crippen LogP contribution >= 0.6 is 0 Å². The molecular weight excluding hydrogens is 304 g/mol. The Morgan fingerprint density at radius 2 is 2.04 bits per heavy atom. The number of rotatable bonds is 3. The molecule has 6 nitrogen and oxygen atoms in total. The molecule has 2 heterocycles. The predicted octanol–water partition coefficient (Wildman–Crippen LogP) is 2.20. The van der Waals surface area contributed by atoms with Gasteiger partial charge in [0.25, 0.3) is 5.91 Å². The van der Waals surface area contributed by atoms with E-state index in [-0.39, 0.29) is 12.0 Å². The third-order valence-corrected chi connectivity index (χ3v) is 4.74. The van der Waals surface area contributed by atoms with Crippen molar-refractivity contribution in [3.8, 4) is 0 Å². The van der Waals surface area contributed by atoms with Gasteiger partial charge >= 0.3 is 0 Å². The van der Waals surface area contributed by atoms with Gasteiger partial charge in [0.2, 0.25) is 0 Å². The minimum absolute atomic E-state index is 0.0851. The molecule has 0 saturated carbocycles. The van der Waals surface area contributed by atoms with Crippen LogP contribution in [0.5, 0.6) is 0 Å². The van der Waals surface area contributed by atoms with E-state index in [1.165, 1.54) is 0 Å². The van der Waals surface area contributed by atoms with Crippen molar-refractivity contribution in [2.45, 2.75) is 31.8 Å². The number of aromatic nitrogens is 2. The van der Waals surface area contributed by atoms with Crippen LogP contribution in [0.25, 0.3) is 0 Å². The van der Waals surface area contributed by atoms with Crippen molar-refractivity contribution >= 4 is 11.6 Å². The summed E-state index contributed by atoms with van der Waals surface area (Å²) in [4.78, 5) is 12.5. The second-order valence-electron chi connectivity index (χ2n) is 6.38. The van der Waals surface area contributed by atoms with Crippen molar-refractivity contribution in [1.82, 2.24) is 15.5 Å². The third-order valence-electron chi connectivity index (χ3n) is 4.74. The van der Waals surface area contributed by atoms with Crippen molar-refractivity contribution in [2.24, 2.45) is 0 Å². The zero-order chi connectivity index (χ0) is 16.4. The second kappa shape index (κ2) is 6.75. The Kier molecular flexibility index (Phi) is 4.32. The Morgan fingerprint density at radius 1 is 1.21 bits per heavy atom. The molecule has 1 fully saturated rings. The average molecular weight is 326 g/mol.